The summed E-state index contributed by atoms with van der Waals surface area (Å²) in [6, 6.07) is 16.7. The molecule has 21 heavy (non-hydrogen) atoms. The zero-order chi connectivity index (χ0) is 15.0. The number of benzene rings is 3. The molecule has 0 aliphatic carbocycles. The summed E-state index contributed by atoms with van der Waals surface area (Å²) >= 11 is 0. The van der Waals surface area contributed by atoms with E-state index in [0.29, 0.717) is 10.9 Å². The van der Waals surface area contributed by atoms with E-state index in [0.717, 1.165) is 5.39 Å². The minimum absolute atomic E-state index is 0.01000. The summed E-state index contributed by atoms with van der Waals surface area (Å²) in [7, 11) is -4.36. The predicted molar refractivity (Wildman–Crippen MR) is 80.9 cm³/mol. The van der Waals surface area contributed by atoms with E-state index in [1.807, 2.05) is 12.1 Å². The fourth-order valence-electron chi connectivity index (χ4n) is 2.39. The van der Waals surface area contributed by atoms with Gasteiger partial charge in [-0.2, -0.15) is 8.42 Å². The molecule has 0 aliphatic heterocycles. The third-order valence-electron chi connectivity index (χ3n) is 3.36. The van der Waals surface area contributed by atoms with E-state index < -0.39 is 10.1 Å². The zero-order valence-electron chi connectivity index (χ0n) is 10.9. The minimum Gasteiger partial charge on any atom is -0.507 e. The van der Waals surface area contributed by atoms with Crippen molar-refractivity contribution >= 4 is 20.9 Å². The predicted octanol–water partition coefficient (Wildman–Crippen LogP) is 3.46. The number of phenols is 1. The highest BCUT2D eigenvalue weighted by molar-refractivity contribution is 7.86. The zero-order valence-corrected chi connectivity index (χ0v) is 11.7. The number of fused-ring (bicyclic) bond motifs is 1. The van der Waals surface area contributed by atoms with Crippen molar-refractivity contribution < 1.29 is 18.1 Å². The van der Waals surface area contributed by atoms with E-state index in [4.69, 9.17) is 0 Å². The third-order valence-corrected chi connectivity index (χ3v) is 4.27. The standard InChI is InChI=1S/C16H12O4S/c17-16-12-6-2-1-5-11(12)9-10-14(16)13-7-3-4-8-15(13)21(18,19)20/h1-10,17H,(H,18,19,20). The molecule has 0 saturated heterocycles. The Kier molecular flexibility index (Phi) is 3.16. The van der Waals surface area contributed by atoms with Gasteiger partial charge in [0, 0.05) is 16.5 Å². The van der Waals surface area contributed by atoms with E-state index >= 15 is 0 Å². The topological polar surface area (TPSA) is 74.6 Å². The first-order valence-corrected chi connectivity index (χ1v) is 7.70. The fourth-order valence-corrected chi connectivity index (χ4v) is 3.09. The Hall–Kier alpha value is -2.37. The summed E-state index contributed by atoms with van der Waals surface area (Å²) in [5.41, 5.74) is 0.630. The van der Waals surface area contributed by atoms with Gasteiger partial charge >= 0.3 is 0 Å². The van der Waals surface area contributed by atoms with Crippen LogP contribution in [0.2, 0.25) is 0 Å². The first kappa shape index (κ1) is 13.6. The minimum atomic E-state index is -4.36. The monoisotopic (exact) mass is 300 g/mol. The van der Waals surface area contributed by atoms with Crippen LogP contribution < -0.4 is 0 Å². The van der Waals surface area contributed by atoms with E-state index in [9.17, 15) is 18.1 Å². The van der Waals surface area contributed by atoms with Gasteiger partial charge in [0.05, 0.1) is 0 Å². The van der Waals surface area contributed by atoms with Crippen molar-refractivity contribution in [2.75, 3.05) is 0 Å². The van der Waals surface area contributed by atoms with Gasteiger partial charge in [-0.3, -0.25) is 4.55 Å². The largest absolute Gasteiger partial charge is 0.507 e. The third kappa shape index (κ3) is 2.37. The SMILES string of the molecule is O=S(=O)(O)c1ccccc1-c1ccc2ccccc2c1O. The van der Waals surface area contributed by atoms with E-state index in [1.165, 1.54) is 12.1 Å². The number of aromatic hydroxyl groups is 1. The summed E-state index contributed by atoms with van der Waals surface area (Å²) in [5, 5.41) is 11.9. The van der Waals surface area contributed by atoms with Crippen LogP contribution in [0.4, 0.5) is 0 Å². The number of phenolic OH excluding ortho intramolecular Hbond substituents is 1. The Balaban J connectivity index is 2.35. The lowest BCUT2D eigenvalue weighted by Gasteiger charge is -2.11. The van der Waals surface area contributed by atoms with Crippen LogP contribution in [-0.4, -0.2) is 18.1 Å². The van der Waals surface area contributed by atoms with Gasteiger partial charge in [-0.05, 0) is 17.5 Å². The highest BCUT2D eigenvalue weighted by Gasteiger charge is 2.18. The normalized spacial score (nSPS) is 11.7. The van der Waals surface area contributed by atoms with Crippen LogP contribution in [0, 0.1) is 0 Å². The van der Waals surface area contributed by atoms with Gasteiger partial charge in [-0.15, -0.1) is 0 Å². The van der Waals surface area contributed by atoms with Crippen molar-refractivity contribution in [3.05, 3.63) is 60.7 Å². The molecular weight excluding hydrogens is 288 g/mol. The van der Waals surface area contributed by atoms with Crippen molar-refractivity contribution in [2.24, 2.45) is 0 Å². The molecular formula is C16H12O4S. The molecule has 0 aliphatic rings. The first-order chi connectivity index (χ1) is 9.98. The smallest absolute Gasteiger partial charge is 0.295 e. The molecule has 0 heterocycles. The summed E-state index contributed by atoms with van der Waals surface area (Å²) in [6.45, 7) is 0. The Bertz CT molecular complexity index is 930. The van der Waals surface area contributed by atoms with Crippen molar-refractivity contribution in [1.29, 1.82) is 0 Å². The molecule has 0 amide bonds. The average molecular weight is 300 g/mol. The lowest BCUT2D eigenvalue weighted by atomic mass is 10.00. The van der Waals surface area contributed by atoms with Crippen LogP contribution in [-0.2, 0) is 10.1 Å². The highest BCUT2D eigenvalue weighted by Crippen LogP contribution is 2.38. The highest BCUT2D eigenvalue weighted by atomic mass is 32.2. The van der Waals surface area contributed by atoms with Crippen LogP contribution in [0.25, 0.3) is 21.9 Å². The molecule has 0 radical (unpaired) electrons. The molecule has 0 spiro atoms. The molecule has 4 nitrogen and oxygen atoms in total. The quantitative estimate of drug-likeness (QED) is 0.711. The molecule has 0 unspecified atom stereocenters. The van der Waals surface area contributed by atoms with E-state index in [2.05, 4.69) is 0 Å². The van der Waals surface area contributed by atoms with Crippen molar-refractivity contribution in [3.63, 3.8) is 0 Å². The second-order valence-corrected chi connectivity index (χ2v) is 6.04. The van der Waals surface area contributed by atoms with Gasteiger partial charge in [0.15, 0.2) is 0 Å². The van der Waals surface area contributed by atoms with Crippen molar-refractivity contribution in [2.45, 2.75) is 4.90 Å². The van der Waals surface area contributed by atoms with Gasteiger partial charge in [-0.25, -0.2) is 0 Å². The van der Waals surface area contributed by atoms with Crippen LogP contribution in [0.15, 0.2) is 65.6 Å². The van der Waals surface area contributed by atoms with Crippen LogP contribution in [0.1, 0.15) is 0 Å². The number of hydrogen-bond donors (Lipinski definition) is 2. The first-order valence-electron chi connectivity index (χ1n) is 6.26. The molecule has 0 aromatic heterocycles. The summed E-state index contributed by atoms with van der Waals surface area (Å²) in [4.78, 5) is -0.226. The number of hydrogen-bond acceptors (Lipinski definition) is 3. The Morgan fingerprint density at radius 1 is 0.762 bits per heavy atom. The van der Waals surface area contributed by atoms with Crippen molar-refractivity contribution in [1.82, 2.24) is 0 Å². The van der Waals surface area contributed by atoms with Gasteiger partial charge in [-0.1, -0.05) is 48.5 Å². The van der Waals surface area contributed by atoms with Gasteiger partial charge in [0.25, 0.3) is 10.1 Å². The molecule has 106 valence electrons. The Morgan fingerprint density at radius 2 is 1.43 bits per heavy atom. The van der Waals surface area contributed by atoms with Gasteiger partial charge < -0.3 is 5.11 Å². The molecule has 3 rings (SSSR count). The molecule has 0 fully saturated rings. The Labute approximate surface area is 122 Å². The maximum absolute atomic E-state index is 11.5. The van der Waals surface area contributed by atoms with Gasteiger partial charge in [0.2, 0.25) is 0 Å². The summed E-state index contributed by atoms with van der Waals surface area (Å²) < 4.78 is 32.3. The second kappa shape index (κ2) is 4.87. The van der Waals surface area contributed by atoms with Crippen LogP contribution in [0.5, 0.6) is 5.75 Å². The molecule has 3 aromatic rings. The molecule has 3 aromatic carbocycles. The van der Waals surface area contributed by atoms with Crippen LogP contribution >= 0.6 is 0 Å². The summed E-state index contributed by atoms with van der Waals surface area (Å²) in [6.07, 6.45) is 0. The average Bonchev–Trinajstić information content (AvgIpc) is 2.47. The lowest BCUT2D eigenvalue weighted by Crippen LogP contribution is -2.00. The maximum Gasteiger partial charge on any atom is 0.295 e. The maximum atomic E-state index is 11.5. The van der Waals surface area contributed by atoms with E-state index in [-0.39, 0.29) is 16.2 Å². The molecule has 5 heteroatoms. The van der Waals surface area contributed by atoms with Crippen LogP contribution in [0.3, 0.4) is 0 Å². The van der Waals surface area contributed by atoms with E-state index in [1.54, 1.807) is 36.4 Å². The molecule has 0 saturated carbocycles. The van der Waals surface area contributed by atoms with Gasteiger partial charge in [0.1, 0.15) is 10.6 Å². The van der Waals surface area contributed by atoms with Crippen molar-refractivity contribution in [3.8, 4) is 16.9 Å². The molecule has 2 N–H and O–H groups in total. The second-order valence-electron chi connectivity index (χ2n) is 4.65. The summed E-state index contributed by atoms with van der Waals surface area (Å²) in [5.74, 6) is -0.01000. The Morgan fingerprint density at radius 3 is 2.19 bits per heavy atom. The molecule has 0 bridgehead atoms. The lowest BCUT2D eigenvalue weighted by molar-refractivity contribution is 0.481. The number of rotatable bonds is 2. The molecule has 0 atom stereocenters. The fraction of sp³-hybridized carbons (Fsp3) is 0.